The number of amides is 1. The van der Waals surface area contributed by atoms with Crippen LogP contribution >= 0.6 is 0 Å². The number of aryl methyl sites for hydroxylation is 1. The van der Waals surface area contributed by atoms with Gasteiger partial charge in [-0.25, -0.2) is 0 Å². The first-order chi connectivity index (χ1) is 11.6. The van der Waals surface area contributed by atoms with Crippen LogP contribution in [0.5, 0.6) is 5.88 Å². The Labute approximate surface area is 141 Å². The molecule has 0 unspecified atom stereocenters. The normalized spacial score (nSPS) is 26.0. The topological polar surface area (TPSA) is 82.3 Å². The lowest BCUT2D eigenvalue weighted by Crippen LogP contribution is -2.52. The number of β-amino-alcohol motifs (C(OH)–C–C–N with tert-alkyl or cyclic N) is 1. The molecule has 2 atom stereocenters. The molecule has 8 nitrogen and oxygen atoms in total. The summed E-state index contributed by atoms with van der Waals surface area (Å²) in [5.41, 5.74) is 0. The highest BCUT2D eigenvalue weighted by Gasteiger charge is 2.38. The van der Waals surface area contributed by atoms with Gasteiger partial charge in [-0.3, -0.25) is 9.69 Å². The van der Waals surface area contributed by atoms with Crippen LogP contribution in [0.1, 0.15) is 12.2 Å². The highest BCUT2D eigenvalue weighted by Crippen LogP contribution is 2.20. The molecule has 1 amide bonds. The molecule has 24 heavy (non-hydrogen) atoms. The van der Waals surface area contributed by atoms with Gasteiger partial charge in [0.1, 0.15) is 5.76 Å². The molecule has 0 aliphatic carbocycles. The summed E-state index contributed by atoms with van der Waals surface area (Å²) >= 11 is 0. The summed E-state index contributed by atoms with van der Waals surface area (Å²) in [7, 11) is 3.63. The lowest BCUT2D eigenvalue weighted by atomic mass is 10.1. The number of carbonyl (C=O) groups excluding carboxylic acids is 1. The Kier molecular flexibility index (Phi) is 5.37. The summed E-state index contributed by atoms with van der Waals surface area (Å²) in [6, 6.07) is 1.74. The molecule has 1 N–H and O–H groups in total. The number of piperazine rings is 1. The molecule has 1 aromatic rings. The number of aliphatic hydroxyl groups is 1. The van der Waals surface area contributed by atoms with E-state index < -0.39 is 6.10 Å². The van der Waals surface area contributed by atoms with E-state index in [1.807, 2.05) is 0 Å². The number of carbonyl (C=O) groups is 1. The summed E-state index contributed by atoms with van der Waals surface area (Å²) in [6.07, 6.45) is 0.365. The second-order valence-electron chi connectivity index (χ2n) is 6.61. The van der Waals surface area contributed by atoms with Crippen LogP contribution in [0.2, 0.25) is 0 Å². The quantitative estimate of drug-likeness (QED) is 0.770. The molecule has 8 heteroatoms. The molecule has 2 fully saturated rings. The van der Waals surface area contributed by atoms with Gasteiger partial charge in [0.2, 0.25) is 5.91 Å². The standard InChI is InChI=1S/C16H26N4O4/c1-18-5-7-19(8-6-18)13-10-20(11-14(13)21)16(22)4-3-12-9-15(23-2)17-24-12/h9,13-14,21H,3-8,10-11H2,1-2H3/t13-,14-/m1/s1. The molecule has 2 aliphatic rings. The number of likely N-dealkylation sites (tertiary alicyclic amines) is 1. The molecular formula is C16H26N4O4. The van der Waals surface area contributed by atoms with E-state index in [1.165, 1.54) is 7.11 Å². The highest BCUT2D eigenvalue weighted by atomic mass is 16.5. The summed E-state index contributed by atoms with van der Waals surface area (Å²) in [4.78, 5) is 18.8. The molecule has 0 bridgehead atoms. The Bertz CT molecular complexity index is 556. The van der Waals surface area contributed by atoms with Crippen molar-refractivity contribution in [3.63, 3.8) is 0 Å². The van der Waals surface area contributed by atoms with E-state index in [9.17, 15) is 9.90 Å². The number of hydrogen-bond acceptors (Lipinski definition) is 7. The molecule has 1 aromatic heterocycles. The Balaban J connectivity index is 1.49. The van der Waals surface area contributed by atoms with Crippen LogP contribution in [0.15, 0.2) is 10.6 Å². The van der Waals surface area contributed by atoms with E-state index in [4.69, 9.17) is 9.26 Å². The maximum atomic E-state index is 12.4. The minimum Gasteiger partial charge on any atom is -0.479 e. The fourth-order valence-corrected chi connectivity index (χ4v) is 3.38. The van der Waals surface area contributed by atoms with E-state index in [1.54, 1.807) is 11.0 Å². The van der Waals surface area contributed by atoms with Crippen molar-refractivity contribution in [2.75, 3.05) is 53.4 Å². The van der Waals surface area contributed by atoms with E-state index >= 15 is 0 Å². The minimum atomic E-state index is -0.470. The van der Waals surface area contributed by atoms with Crippen molar-refractivity contribution < 1.29 is 19.2 Å². The van der Waals surface area contributed by atoms with Crippen LogP contribution in [0.4, 0.5) is 0 Å². The third-order valence-electron chi connectivity index (χ3n) is 4.95. The largest absolute Gasteiger partial charge is 0.479 e. The second kappa shape index (κ2) is 7.50. The van der Waals surface area contributed by atoms with Crippen LogP contribution in [-0.2, 0) is 11.2 Å². The molecule has 0 saturated carbocycles. The average Bonchev–Trinajstić information content (AvgIpc) is 3.20. The van der Waals surface area contributed by atoms with Crippen LogP contribution in [-0.4, -0.2) is 96.4 Å². The van der Waals surface area contributed by atoms with Gasteiger partial charge in [0.05, 0.1) is 19.3 Å². The van der Waals surface area contributed by atoms with Gasteiger partial charge in [-0.15, -0.1) is 0 Å². The summed E-state index contributed by atoms with van der Waals surface area (Å²) in [5, 5.41) is 14.1. The first-order valence-electron chi connectivity index (χ1n) is 8.45. The fourth-order valence-electron chi connectivity index (χ4n) is 3.38. The van der Waals surface area contributed by atoms with Gasteiger partial charge in [0, 0.05) is 58.2 Å². The zero-order chi connectivity index (χ0) is 17.1. The minimum absolute atomic E-state index is 0.0426. The predicted octanol–water partition coefficient (Wildman–Crippen LogP) is -0.565. The molecule has 0 aromatic carbocycles. The van der Waals surface area contributed by atoms with Crippen molar-refractivity contribution in [3.05, 3.63) is 11.8 Å². The van der Waals surface area contributed by atoms with Crippen LogP contribution < -0.4 is 4.74 Å². The van der Waals surface area contributed by atoms with Crippen LogP contribution in [0, 0.1) is 0 Å². The number of likely N-dealkylation sites (N-methyl/N-ethyl adjacent to an activating group) is 1. The molecule has 0 spiro atoms. The van der Waals surface area contributed by atoms with Crippen molar-refractivity contribution in [2.45, 2.75) is 25.0 Å². The van der Waals surface area contributed by atoms with Crippen molar-refractivity contribution in [3.8, 4) is 5.88 Å². The number of ether oxygens (including phenoxy) is 1. The first kappa shape index (κ1) is 17.2. The number of rotatable bonds is 5. The second-order valence-corrected chi connectivity index (χ2v) is 6.61. The van der Waals surface area contributed by atoms with Gasteiger partial charge >= 0.3 is 0 Å². The third-order valence-corrected chi connectivity index (χ3v) is 4.95. The van der Waals surface area contributed by atoms with Gasteiger partial charge in [0.15, 0.2) is 0 Å². The van der Waals surface area contributed by atoms with Gasteiger partial charge < -0.3 is 24.2 Å². The first-order valence-corrected chi connectivity index (χ1v) is 8.45. The Hall–Kier alpha value is -1.64. The maximum absolute atomic E-state index is 12.4. The van der Waals surface area contributed by atoms with E-state index in [-0.39, 0.29) is 11.9 Å². The smallest absolute Gasteiger partial charge is 0.254 e. The Morgan fingerprint density at radius 2 is 2.12 bits per heavy atom. The molecule has 2 saturated heterocycles. The Morgan fingerprint density at radius 1 is 1.38 bits per heavy atom. The number of aliphatic hydroxyl groups excluding tert-OH is 1. The molecular weight excluding hydrogens is 312 g/mol. The van der Waals surface area contributed by atoms with E-state index in [2.05, 4.69) is 22.0 Å². The Morgan fingerprint density at radius 3 is 2.79 bits per heavy atom. The summed E-state index contributed by atoms with van der Waals surface area (Å²) < 4.78 is 10.1. The highest BCUT2D eigenvalue weighted by molar-refractivity contribution is 5.76. The molecule has 0 radical (unpaired) electrons. The molecule has 134 valence electrons. The van der Waals surface area contributed by atoms with Crippen molar-refractivity contribution in [1.82, 2.24) is 19.9 Å². The third kappa shape index (κ3) is 3.88. The molecule has 3 heterocycles. The lowest BCUT2D eigenvalue weighted by Gasteiger charge is -2.37. The number of hydrogen-bond donors (Lipinski definition) is 1. The fraction of sp³-hybridized carbons (Fsp3) is 0.750. The zero-order valence-corrected chi connectivity index (χ0v) is 14.3. The van der Waals surface area contributed by atoms with Crippen LogP contribution in [0.3, 0.4) is 0 Å². The van der Waals surface area contributed by atoms with Crippen LogP contribution in [0.25, 0.3) is 0 Å². The predicted molar refractivity (Wildman–Crippen MR) is 86.8 cm³/mol. The van der Waals surface area contributed by atoms with Gasteiger partial charge in [0.25, 0.3) is 5.88 Å². The van der Waals surface area contributed by atoms with E-state index in [0.29, 0.717) is 37.6 Å². The number of methoxy groups -OCH3 is 1. The van der Waals surface area contributed by atoms with E-state index in [0.717, 1.165) is 26.2 Å². The van der Waals surface area contributed by atoms with Crippen molar-refractivity contribution in [2.24, 2.45) is 0 Å². The zero-order valence-electron chi connectivity index (χ0n) is 14.3. The monoisotopic (exact) mass is 338 g/mol. The molecule has 3 rings (SSSR count). The van der Waals surface area contributed by atoms with Crippen molar-refractivity contribution in [1.29, 1.82) is 0 Å². The maximum Gasteiger partial charge on any atom is 0.254 e. The SMILES string of the molecule is COc1cc(CCC(=O)N2C[C@@H](O)[C@H](N3CCN(C)CC3)C2)on1. The van der Waals surface area contributed by atoms with Gasteiger partial charge in [-0.05, 0) is 12.2 Å². The number of aromatic nitrogens is 1. The van der Waals surface area contributed by atoms with Gasteiger partial charge in [-0.1, -0.05) is 0 Å². The summed E-state index contributed by atoms with van der Waals surface area (Å²) in [5.74, 6) is 1.10. The number of nitrogens with zero attached hydrogens (tertiary/aromatic N) is 4. The average molecular weight is 338 g/mol. The molecule has 2 aliphatic heterocycles. The van der Waals surface area contributed by atoms with Gasteiger partial charge in [-0.2, -0.15) is 0 Å². The summed E-state index contributed by atoms with van der Waals surface area (Å²) in [6.45, 7) is 4.91. The van der Waals surface area contributed by atoms with Crippen molar-refractivity contribution >= 4 is 5.91 Å². The lowest BCUT2D eigenvalue weighted by molar-refractivity contribution is -0.130.